The first-order valence-corrected chi connectivity index (χ1v) is 7.20. The third-order valence-electron chi connectivity index (χ3n) is 2.96. The Balaban J connectivity index is 2.11. The SMILES string of the molecule is CNCc1cc(C)ccc1OCc1ccc(F)c(Br)c1. The largest absolute Gasteiger partial charge is 0.489 e. The van der Waals surface area contributed by atoms with E-state index in [4.69, 9.17) is 4.74 Å². The van der Waals surface area contributed by atoms with Gasteiger partial charge in [-0.3, -0.25) is 0 Å². The average Bonchev–Trinajstić information content (AvgIpc) is 2.42. The van der Waals surface area contributed by atoms with Crippen molar-refractivity contribution in [2.45, 2.75) is 20.1 Å². The fraction of sp³-hybridized carbons (Fsp3) is 0.250. The van der Waals surface area contributed by atoms with Crippen LogP contribution in [0.3, 0.4) is 0 Å². The van der Waals surface area contributed by atoms with Crippen molar-refractivity contribution in [3.05, 3.63) is 63.4 Å². The molecule has 0 spiro atoms. The Kier molecular flexibility index (Phi) is 5.15. The Morgan fingerprint density at radius 1 is 1.20 bits per heavy atom. The number of benzene rings is 2. The number of aryl methyl sites for hydroxylation is 1. The first-order chi connectivity index (χ1) is 9.60. The quantitative estimate of drug-likeness (QED) is 0.882. The van der Waals surface area contributed by atoms with Gasteiger partial charge >= 0.3 is 0 Å². The van der Waals surface area contributed by atoms with Crippen molar-refractivity contribution in [2.24, 2.45) is 0 Å². The highest BCUT2D eigenvalue weighted by Gasteiger charge is 2.05. The number of ether oxygens (including phenoxy) is 1. The highest BCUT2D eigenvalue weighted by molar-refractivity contribution is 9.10. The zero-order valence-corrected chi connectivity index (χ0v) is 13.1. The molecule has 0 heterocycles. The molecule has 0 amide bonds. The lowest BCUT2D eigenvalue weighted by Crippen LogP contribution is -2.08. The second-order valence-electron chi connectivity index (χ2n) is 4.68. The summed E-state index contributed by atoms with van der Waals surface area (Å²) in [6, 6.07) is 11.0. The van der Waals surface area contributed by atoms with Crippen molar-refractivity contribution in [2.75, 3.05) is 7.05 Å². The van der Waals surface area contributed by atoms with Crippen LogP contribution in [0.4, 0.5) is 4.39 Å². The maximum Gasteiger partial charge on any atom is 0.137 e. The molecule has 106 valence electrons. The number of rotatable bonds is 5. The Morgan fingerprint density at radius 2 is 2.00 bits per heavy atom. The first-order valence-electron chi connectivity index (χ1n) is 6.41. The summed E-state index contributed by atoms with van der Waals surface area (Å²) in [4.78, 5) is 0. The molecule has 1 N–H and O–H groups in total. The summed E-state index contributed by atoms with van der Waals surface area (Å²) in [5.74, 6) is 0.588. The fourth-order valence-corrected chi connectivity index (χ4v) is 2.39. The van der Waals surface area contributed by atoms with Crippen molar-refractivity contribution in [3.8, 4) is 5.75 Å². The predicted molar refractivity (Wildman–Crippen MR) is 82.4 cm³/mol. The molecule has 2 nitrogen and oxygen atoms in total. The lowest BCUT2D eigenvalue weighted by Gasteiger charge is -2.12. The number of hydrogen-bond acceptors (Lipinski definition) is 2. The van der Waals surface area contributed by atoms with E-state index in [1.807, 2.05) is 19.2 Å². The van der Waals surface area contributed by atoms with Gasteiger partial charge in [0, 0.05) is 12.1 Å². The van der Waals surface area contributed by atoms with Gasteiger partial charge in [-0.2, -0.15) is 0 Å². The molecule has 0 aromatic heterocycles. The van der Waals surface area contributed by atoms with Crippen molar-refractivity contribution in [1.29, 1.82) is 0 Å². The molecule has 0 aliphatic heterocycles. The minimum Gasteiger partial charge on any atom is -0.489 e. The monoisotopic (exact) mass is 337 g/mol. The third-order valence-corrected chi connectivity index (χ3v) is 3.57. The van der Waals surface area contributed by atoms with Gasteiger partial charge in [-0.25, -0.2) is 4.39 Å². The second kappa shape index (κ2) is 6.86. The van der Waals surface area contributed by atoms with Crippen molar-refractivity contribution < 1.29 is 9.13 Å². The van der Waals surface area contributed by atoms with Crippen molar-refractivity contribution >= 4 is 15.9 Å². The summed E-state index contributed by atoms with van der Waals surface area (Å²) in [6.07, 6.45) is 0. The summed E-state index contributed by atoms with van der Waals surface area (Å²) >= 11 is 3.18. The molecule has 0 atom stereocenters. The molecule has 0 aliphatic rings. The van der Waals surface area contributed by atoms with Gasteiger partial charge in [0.2, 0.25) is 0 Å². The number of halogens is 2. The maximum atomic E-state index is 13.2. The standard InChI is InChI=1S/C16H17BrFNO/c1-11-3-6-16(13(7-11)9-19-2)20-10-12-4-5-15(18)14(17)8-12/h3-8,19H,9-10H2,1-2H3. The molecule has 0 saturated heterocycles. The molecule has 2 rings (SSSR count). The van der Waals surface area contributed by atoms with Crippen LogP contribution in [0.15, 0.2) is 40.9 Å². The summed E-state index contributed by atoms with van der Waals surface area (Å²) in [6.45, 7) is 3.23. The van der Waals surface area contributed by atoms with Crippen LogP contribution < -0.4 is 10.1 Å². The van der Waals surface area contributed by atoms with E-state index in [0.29, 0.717) is 11.1 Å². The summed E-state index contributed by atoms with van der Waals surface area (Å²) in [7, 11) is 1.91. The molecule has 2 aromatic carbocycles. The Morgan fingerprint density at radius 3 is 2.70 bits per heavy atom. The molecular formula is C16H17BrFNO. The van der Waals surface area contributed by atoms with Crippen LogP contribution in [0.25, 0.3) is 0 Å². The smallest absolute Gasteiger partial charge is 0.137 e. The van der Waals surface area contributed by atoms with Crippen molar-refractivity contribution in [3.63, 3.8) is 0 Å². The Hall–Kier alpha value is -1.39. The zero-order valence-electron chi connectivity index (χ0n) is 11.5. The van der Waals surface area contributed by atoms with Crippen molar-refractivity contribution in [1.82, 2.24) is 5.32 Å². The molecule has 0 unspecified atom stereocenters. The third kappa shape index (κ3) is 3.81. The summed E-state index contributed by atoms with van der Waals surface area (Å²) < 4.78 is 19.5. The van der Waals surface area contributed by atoms with Crippen LogP contribution in [0.1, 0.15) is 16.7 Å². The molecule has 20 heavy (non-hydrogen) atoms. The molecule has 0 saturated carbocycles. The minimum absolute atomic E-state index is 0.264. The average molecular weight is 338 g/mol. The highest BCUT2D eigenvalue weighted by Crippen LogP contribution is 2.22. The van der Waals surface area contributed by atoms with Gasteiger partial charge in [0.1, 0.15) is 18.2 Å². The molecule has 0 radical (unpaired) electrons. The predicted octanol–water partition coefficient (Wildman–Crippen LogP) is 4.20. The Bertz CT molecular complexity index is 601. The van der Waals surface area contributed by atoms with Crippen LogP contribution in [0.5, 0.6) is 5.75 Å². The number of hydrogen-bond donors (Lipinski definition) is 1. The van der Waals surface area contributed by atoms with Crippen LogP contribution in [0.2, 0.25) is 0 Å². The lowest BCUT2D eigenvalue weighted by atomic mass is 10.1. The molecule has 4 heteroatoms. The lowest BCUT2D eigenvalue weighted by molar-refractivity contribution is 0.302. The minimum atomic E-state index is -0.264. The van der Waals surface area contributed by atoms with E-state index in [1.54, 1.807) is 12.1 Å². The van der Waals surface area contributed by atoms with Crippen LogP contribution in [-0.2, 0) is 13.2 Å². The van der Waals surface area contributed by atoms with E-state index in [0.717, 1.165) is 23.4 Å². The topological polar surface area (TPSA) is 21.3 Å². The van der Waals surface area contributed by atoms with Crippen LogP contribution in [0, 0.1) is 12.7 Å². The van der Waals surface area contributed by atoms with Gasteiger partial charge in [-0.05, 0) is 53.7 Å². The van der Waals surface area contributed by atoms with E-state index in [1.165, 1.54) is 11.6 Å². The first kappa shape index (κ1) is 15.0. The van der Waals surface area contributed by atoms with Gasteiger partial charge in [-0.15, -0.1) is 0 Å². The Labute approximate surface area is 127 Å². The maximum absolute atomic E-state index is 13.2. The molecule has 0 fully saturated rings. The van der Waals surface area contributed by atoms with Gasteiger partial charge in [0.15, 0.2) is 0 Å². The van der Waals surface area contributed by atoms with Gasteiger partial charge in [0.05, 0.1) is 4.47 Å². The van der Waals surface area contributed by atoms with Gasteiger partial charge in [-0.1, -0.05) is 23.8 Å². The van der Waals surface area contributed by atoms with Gasteiger partial charge < -0.3 is 10.1 Å². The highest BCUT2D eigenvalue weighted by atomic mass is 79.9. The molecular weight excluding hydrogens is 321 g/mol. The van der Waals surface area contributed by atoms with E-state index < -0.39 is 0 Å². The summed E-state index contributed by atoms with van der Waals surface area (Å²) in [5, 5.41) is 3.13. The molecule has 0 aliphatic carbocycles. The molecule has 2 aromatic rings. The van der Waals surface area contributed by atoms with E-state index in [-0.39, 0.29) is 5.82 Å². The zero-order chi connectivity index (χ0) is 14.5. The second-order valence-corrected chi connectivity index (χ2v) is 5.53. The normalized spacial score (nSPS) is 10.6. The van der Waals surface area contributed by atoms with Gasteiger partial charge in [0.25, 0.3) is 0 Å². The fourth-order valence-electron chi connectivity index (χ4n) is 1.97. The van der Waals surface area contributed by atoms with E-state index >= 15 is 0 Å². The van der Waals surface area contributed by atoms with E-state index in [2.05, 4.69) is 34.2 Å². The van der Waals surface area contributed by atoms with E-state index in [9.17, 15) is 4.39 Å². The number of nitrogens with one attached hydrogen (secondary N) is 1. The summed E-state index contributed by atoms with van der Waals surface area (Å²) in [5.41, 5.74) is 3.25. The van der Waals surface area contributed by atoms with Crippen LogP contribution >= 0.6 is 15.9 Å². The van der Waals surface area contributed by atoms with Crippen LogP contribution in [-0.4, -0.2) is 7.05 Å². The molecule has 0 bridgehead atoms.